The van der Waals surface area contributed by atoms with E-state index in [4.69, 9.17) is 16.3 Å². The van der Waals surface area contributed by atoms with Crippen molar-refractivity contribution in [2.45, 2.75) is 12.1 Å². The second-order valence-corrected chi connectivity index (χ2v) is 5.92. The first-order chi connectivity index (χ1) is 8.83. The molecule has 1 aliphatic heterocycles. The number of morpholine rings is 1. The topological polar surface area (TPSA) is 21.3 Å². The van der Waals surface area contributed by atoms with Crippen LogP contribution in [0.3, 0.4) is 0 Å². The molecule has 4 heteroatoms. The van der Waals surface area contributed by atoms with E-state index in [1.165, 1.54) is 11.1 Å². The van der Waals surface area contributed by atoms with Crippen molar-refractivity contribution in [3.63, 3.8) is 0 Å². The second-order valence-electron chi connectivity index (χ2n) is 4.38. The highest BCUT2D eigenvalue weighted by Crippen LogP contribution is 2.30. The molecule has 1 saturated heterocycles. The SMILES string of the molecule is Clc1cc(C2CNC(c3ccccc3)CO2)cs1. The molecule has 94 valence electrons. The molecule has 18 heavy (non-hydrogen) atoms. The largest absolute Gasteiger partial charge is 0.370 e. The van der Waals surface area contributed by atoms with Gasteiger partial charge in [0.05, 0.1) is 23.1 Å². The van der Waals surface area contributed by atoms with E-state index in [0.29, 0.717) is 6.61 Å². The summed E-state index contributed by atoms with van der Waals surface area (Å²) in [6, 6.07) is 12.7. The lowest BCUT2D eigenvalue weighted by Crippen LogP contribution is -2.36. The van der Waals surface area contributed by atoms with Gasteiger partial charge in [0.1, 0.15) is 0 Å². The van der Waals surface area contributed by atoms with Gasteiger partial charge in [0.25, 0.3) is 0 Å². The summed E-state index contributed by atoms with van der Waals surface area (Å²) in [4.78, 5) is 0. The van der Waals surface area contributed by atoms with Crippen molar-refractivity contribution >= 4 is 22.9 Å². The highest BCUT2D eigenvalue weighted by Gasteiger charge is 2.23. The third-order valence-electron chi connectivity index (χ3n) is 3.18. The number of ether oxygens (including phenoxy) is 1. The number of benzene rings is 1. The van der Waals surface area contributed by atoms with Gasteiger partial charge in [-0.25, -0.2) is 0 Å². The summed E-state index contributed by atoms with van der Waals surface area (Å²) in [7, 11) is 0. The molecule has 2 atom stereocenters. The Labute approximate surface area is 116 Å². The fourth-order valence-electron chi connectivity index (χ4n) is 2.19. The smallest absolute Gasteiger partial charge is 0.0958 e. The maximum Gasteiger partial charge on any atom is 0.0958 e. The van der Waals surface area contributed by atoms with E-state index in [1.807, 2.05) is 12.1 Å². The van der Waals surface area contributed by atoms with Gasteiger partial charge in [-0.3, -0.25) is 0 Å². The summed E-state index contributed by atoms with van der Waals surface area (Å²) in [5.74, 6) is 0. The van der Waals surface area contributed by atoms with Crippen molar-refractivity contribution < 1.29 is 4.74 Å². The third-order valence-corrected chi connectivity index (χ3v) is 4.28. The quantitative estimate of drug-likeness (QED) is 0.903. The maximum absolute atomic E-state index is 5.95. The van der Waals surface area contributed by atoms with Gasteiger partial charge in [0.2, 0.25) is 0 Å². The van der Waals surface area contributed by atoms with Crippen LogP contribution in [0.4, 0.5) is 0 Å². The van der Waals surface area contributed by atoms with Crippen molar-refractivity contribution in [3.05, 3.63) is 57.2 Å². The number of hydrogen-bond donors (Lipinski definition) is 1. The van der Waals surface area contributed by atoms with Gasteiger partial charge in [-0.05, 0) is 22.6 Å². The number of thiophene rings is 1. The molecule has 2 unspecified atom stereocenters. The predicted molar refractivity (Wildman–Crippen MR) is 75.2 cm³/mol. The highest BCUT2D eigenvalue weighted by atomic mass is 35.5. The van der Waals surface area contributed by atoms with E-state index in [1.54, 1.807) is 11.3 Å². The van der Waals surface area contributed by atoms with Crippen LogP contribution in [0, 0.1) is 0 Å². The van der Waals surface area contributed by atoms with Gasteiger partial charge < -0.3 is 10.1 Å². The van der Waals surface area contributed by atoms with Gasteiger partial charge >= 0.3 is 0 Å². The molecule has 0 bridgehead atoms. The van der Waals surface area contributed by atoms with Crippen LogP contribution in [0.2, 0.25) is 4.34 Å². The van der Waals surface area contributed by atoms with Crippen LogP contribution in [0.25, 0.3) is 0 Å². The van der Waals surface area contributed by atoms with E-state index in [9.17, 15) is 0 Å². The lowest BCUT2D eigenvalue weighted by molar-refractivity contribution is 0.00261. The molecule has 0 spiro atoms. The monoisotopic (exact) mass is 279 g/mol. The Morgan fingerprint density at radius 1 is 1.22 bits per heavy atom. The Balaban J connectivity index is 1.65. The normalized spacial score (nSPS) is 24.1. The molecular formula is C14H14ClNOS. The van der Waals surface area contributed by atoms with Gasteiger partial charge in [-0.15, -0.1) is 11.3 Å². The molecule has 3 rings (SSSR count). The lowest BCUT2D eigenvalue weighted by Gasteiger charge is -2.30. The average Bonchev–Trinajstić information content (AvgIpc) is 2.87. The molecule has 1 aromatic heterocycles. The molecule has 0 radical (unpaired) electrons. The molecular weight excluding hydrogens is 266 g/mol. The van der Waals surface area contributed by atoms with E-state index in [-0.39, 0.29) is 12.1 Å². The summed E-state index contributed by atoms with van der Waals surface area (Å²) in [5.41, 5.74) is 2.45. The molecule has 1 fully saturated rings. The van der Waals surface area contributed by atoms with Gasteiger partial charge in [-0.2, -0.15) is 0 Å². The number of halogens is 1. The molecule has 0 saturated carbocycles. The minimum absolute atomic E-state index is 0.119. The minimum atomic E-state index is 0.119. The summed E-state index contributed by atoms with van der Waals surface area (Å²) >= 11 is 7.50. The first-order valence-corrected chi connectivity index (χ1v) is 7.22. The van der Waals surface area contributed by atoms with Crippen molar-refractivity contribution in [2.24, 2.45) is 0 Å². The third kappa shape index (κ3) is 2.59. The number of hydrogen-bond acceptors (Lipinski definition) is 3. The van der Waals surface area contributed by atoms with Gasteiger partial charge in [0.15, 0.2) is 0 Å². The lowest BCUT2D eigenvalue weighted by atomic mass is 10.0. The zero-order valence-electron chi connectivity index (χ0n) is 9.80. The Morgan fingerprint density at radius 2 is 2.06 bits per heavy atom. The Morgan fingerprint density at radius 3 is 2.67 bits per heavy atom. The van der Waals surface area contributed by atoms with E-state index in [0.717, 1.165) is 10.9 Å². The van der Waals surface area contributed by atoms with Crippen molar-refractivity contribution in [3.8, 4) is 0 Å². The molecule has 1 aliphatic rings. The van der Waals surface area contributed by atoms with Crippen LogP contribution in [0.1, 0.15) is 23.3 Å². The number of nitrogens with one attached hydrogen (secondary N) is 1. The molecule has 1 aromatic carbocycles. The van der Waals surface area contributed by atoms with Crippen LogP contribution >= 0.6 is 22.9 Å². The zero-order valence-corrected chi connectivity index (χ0v) is 11.4. The minimum Gasteiger partial charge on any atom is -0.370 e. The average molecular weight is 280 g/mol. The van der Waals surface area contributed by atoms with E-state index < -0.39 is 0 Å². The van der Waals surface area contributed by atoms with Crippen LogP contribution < -0.4 is 5.32 Å². The maximum atomic E-state index is 5.95. The summed E-state index contributed by atoms with van der Waals surface area (Å²) in [6.07, 6.45) is 0.119. The van der Waals surface area contributed by atoms with Crippen LogP contribution in [-0.2, 0) is 4.74 Å². The van der Waals surface area contributed by atoms with Gasteiger partial charge in [0, 0.05) is 6.54 Å². The fourth-order valence-corrected chi connectivity index (χ4v) is 3.12. The molecule has 2 aromatic rings. The summed E-state index contributed by atoms with van der Waals surface area (Å²) in [6.45, 7) is 1.52. The Kier molecular flexibility index (Phi) is 3.66. The molecule has 2 heterocycles. The summed E-state index contributed by atoms with van der Waals surface area (Å²) in [5, 5.41) is 5.60. The van der Waals surface area contributed by atoms with Crippen molar-refractivity contribution in [1.29, 1.82) is 0 Å². The second kappa shape index (κ2) is 5.41. The fraction of sp³-hybridized carbons (Fsp3) is 0.286. The predicted octanol–water partition coefficient (Wildman–Crippen LogP) is 3.80. The first-order valence-electron chi connectivity index (χ1n) is 5.97. The molecule has 2 nitrogen and oxygen atoms in total. The Bertz CT molecular complexity index is 506. The van der Waals surface area contributed by atoms with E-state index >= 15 is 0 Å². The Hall–Kier alpha value is -0.870. The molecule has 0 aliphatic carbocycles. The van der Waals surface area contributed by atoms with Crippen molar-refractivity contribution in [2.75, 3.05) is 13.2 Å². The zero-order chi connectivity index (χ0) is 12.4. The van der Waals surface area contributed by atoms with Gasteiger partial charge in [-0.1, -0.05) is 41.9 Å². The van der Waals surface area contributed by atoms with Crippen molar-refractivity contribution in [1.82, 2.24) is 5.32 Å². The molecule has 0 amide bonds. The first kappa shape index (κ1) is 12.2. The molecule has 1 N–H and O–H groups in total. The van der Waals surface area contributed by atoms with E-state index in [2.05, 4.69) is 35.0 Å². The van der Waals surface area contributed by atoms with Crippen LogP contribution in [0.15, 0.2) is 41.8 Å². The highest BCUT2D eigenvalue weighted by molar-refractivity contribution is 7.14. The summed E-state index contributed by atoms with van der Waals surface area (Å²) < 4.78 is 6.75. The van der Waals surface area contributed by atoms with Crippen LogP contribution in [-0.4, -0.2) is 13.2 Å². The van der Waals surface area contributed by atoms with Crippen LogP contribution in [0.5, 0.6) is 0 Å². The number of rotatable bonds is 2. The standard InChI is InChI=1S/C14H14ClNOS/c15-14-6-11(9-18-14)13-7-16-12(8-17-13)10-4-2-1-3-5-10/h1-6,9,12-13,16H,7-8H2.